The van der Waals surface area contributed by atoms with Crippen LogP contribution in [0.4, 0.5) is 10.5 Å². The number of carbonyl (C=O) groups is 4. The molecule has 8 nitrogen and oxygen atoms in total. The molecule has 2 aromatic carbocycles. The van der Waals surface area contributed by atoms with Gasteiger partial charge in [-0.25, -0.2) is 4.79 Å². The molecule has 1 atom stereocenters. The summed E-state index contributed by atoms with van der Waals surface area (Å²) < 4.78 is 0. The molecule has 2 aromatic rings. The summed E-state index contributed by atoms with van der Waals surface area (Å²) in [5.74, 6) is -2.79. The van der Waals surface area contributed by atoms with Gasteiger partial charge in [-0.15, -0.1) is 0 Å². The second kappa shape index (κ2) is 7.55. The van der Waals surface area contributed by atoms with E-state index in [1.807, 2.05) is 0 Å². The number of amides is 4. The summed E-state index contributed by atoms with van der Waals surface area (Å²) in [6.07, 6.45) is 0.302. The number of fused-ring (bicyclic) bond motifs is 2. The van der Waals surface area contributed by atoms with Crippen molar-refractivity contribution < 1.29 is 24.3 Å². The minimum atomic E-state index is -1.99. The van der Waals surface area contributed by atoms with E-state index in [4.69, 9.17) is 23.2 Å². The van der Waals surface area contributed by atoms with Crippen molar-refractivity contribution in [3.05, 3.63) is 63.6 Å². The molecule has 0 aromatic heterocycles. The van der Waals surface area contributed by atoms with Gasteiger partial charge in [0.05, 0.1) is 5.69 Å². The van der Waals surface area contributed by atoms with Gasteiger partial charge in [0, 0.05) is 29.2 Å². The molecule has 0 unspecified atom stereocenters. The van der Waals surface area contributed by atoms with E-state index in [0.717, 1.165) is 20.3 Å². The van der Waals surface area contributed by atoms with Gasteiger partial charge in [0.1, 0.15) is 6.54 Å². The summed E-state index contributed by atoms with van der Waals surface area (Å²) in [7, 11) is 1.35. The van der Waals surface area contributed by atoms with E-state index in [-0.39, 0.29) is 22.8 Å². The number of imide groups is 1. The normalized spacial score (nSPS) is 20.2. The van der Waals surface area contributed by atoms with E-state index in [1.54, 1.807) is 24.3 Å². The number of carboxylic acid groups (broad SMARTS) is 1. The van der Waals surface area contributed by atoms with Crippen LogP contribution in [0.25, 0.3) is 0 Å². The largest absolute Gasteiger partial charge is 0.480 e. The summed E-state index contributed by atoms with van der Waals surface area (Å²) in [6, 6.07) is 10.8. The smallest absolute Gasteiger partial charge is 0.328 e. The van der Waals surface area contributed by atoms with Crippen LogP contribution in [0.1, 0.15) is 11.1 Å². The first-order valence-corrected chi connectivity index (χ1v) is 10.1. The van der Waals surface area contributed by atoms with Crippen LogP contribution in [-0.2, 0) is 26.3 Å². The summed E-state index contributed by atoms with van der Waals surface area (Å²) >= 11 is 12.3. The van der Waals surface area contributed by atoms with Gasteiger partial charge < -0.3 is 10.0 Å². The fourth-order valence-corrected chi connectivity index (χ4v) is 4.56. The van der Waals surface area contributed by atoms with E-state index in [0.29, 0.717) is 11.4 Å². The van der Waals surface area contributed by atoms with Crippen LogP contribution in [0, 0.1) is 0 Å². The molecule has 4 rings (SSSR count). The lowest BCUT2D eigenvalue weighted by Gasteiger charge is -2.27. The number of anilines is 1. The van der Waals surface area contributed by atoms with Crippen molar-refractivity contribution in [2.24, 2.45) is 0 Å². The molecule has 0 bridgehead atoms. The highest BCUT2D eigenvalue weighted by Crippen LogP contribution is 2.48. The Morgan fingerprint density at radius 1 is 1.03 bits per heavy atom. The standard InChI is InChI=1S/C21H17Cl2N3O5/c1-24-20(31)25(9-8-12-4-2-3-5-15(12)23)18(29)21(24)14-10-13(22)6-7-16(14)26(19(21)30)11-17(27)28/h2-7,10H,8-9,11H2,1H3,(H,27,28)/t21-/m1/s1. The average molecular weight is 462 g/mol. The lowest BCUT2D eigenvalue weighted by atomic mass is 9.90. The van der Waals surface area contributed by atoms with Crippen molar-refractivity contribution in [3.8, 4) is 0 Å². The molecule has 2 aliphatic rings. The molecule has 10 heteroatoms. The van der Waals surface area contributed by atoms with Gasteiger partial charge in [0.2, 0.25) is 5.54 Å². The zero-order valence-electron chi connectivity index (χ0n) is 16.3. The Morgan fingerprint density at radius 3 is 2.39 bits per heavy atom. The molecule has 1 fully saturated rings. The first kappa shape index (κ1) is 21.1. The molecular formula is C21H17Cl2N3O5. The molecular weight excluding hydrogens is 445 g/mol. The molecule has 1 N–H and O–H groups in total. The second-order valence-corrected chi connectivity index (χ2v) is 8.14. The third-order valence-corrected chi connectivity index (χ3v) is 6.23. The monoisotopic (exact) mass is 461 g/mol. The van der Waals surface area contributed by atoms with Gasteiger partial charge in [-0.3, -0.25) is 24.2 Å². The van der Waals surface area contributed by atoms with Gasteiger partial charge in [0.15, 0.2) is 0 Å². The van der Waals surface area contributed by atoms with Crippen LogP contribution in [0.15, 0.2) is 42.5 Å². The molecule has 2 heterocycles. The Labute approximate surface area is 187 Å². The number of carboxylic acids is 1. The van der Waals surface area contributed by atoms with Crippen LogP contribution in [-0.4, -0.2) is 58.9 Å². The second-order valence-electron chi connectivity index (χ2n) is 7.30. The van der Waals surface area contributed by atoms with Crippen molar-refractivity contribution in [1.29, 1.82) is 0 Å². The summed E-state index contributed by atoms with van der Waals surface area (Å²) in [5.41, 5.74) is -0.820. The fraction of sp³-hybridized carbons (Fsp3) is 0.238. The third-order valence-electron chi connectivity index (χ3n) is 5.63. The predicted molar refractivity (Wildman–Crippen MR) is 113 cm³/mol. The molecule has 2 aliphatic heterocycles. The molecule has 1 saturated heterocycles. The quantitative estimate of drug-likeness (QED) is 0.545. The number of halogens is 2. The topological polar surface area (TPSA) is 98.2 Å². The van der Waals surface area contributed by atoms with Crippen LogP contribution in [0.3, 0.4) is 0 Å². The maximum atomic E-state index is 13.6. The summed E-state index contributed by atoms with van der Waals surface area (Å²) in [6.45, 7) is -0.639. The van der Waals surface area contributed by atoms with E-state index in [2.05, 4.69) is 0 Å². The Bertz CT molecular complexity index is 1140. The molecule has 0 saturated carbocycles. The van der Waals surface area contributed by atoms with Crippen LogP contribution in [0.5, 0.6) is 0 Å². The minimum absolute atomic E-state index is 0.00952. The third kappa shape index (κ3) is 3.05. The van der Waals surface area contributed by atoms with E-state index in [9.17, 15) is 24.3 Å². The Balaban J connectivity index is 1.76. The minimum Gasteiger partial charge on any atom is -0.480 e. The Kier molecular flexibility index (Phi) is 5.15. The number of carbonyl (C=O) groups excluding carboxylic acids is 3. The number of rotatable bonds is 5. The number of hydrogen-bond donors (Lipinski definition) is 1. The van der Waals surface area contributed by atoms with E-state index >= 15 is 0 Å². The summed E-state index contributed by atoms with van der Waals surface area (Å²) in [4.78, 5) is 54.4. The molecule has 1 spiro atoms. The molecule has 0 aliphatic carbocycles. The molecule has 0 radical (unpaired) electrons. The fourth-order valence-electron chi connectivity index (χ4n) is 4.16. The van der Waals surface area contributed by atoms with Gasteiger partial charge >= 0.3 is 12.0 Å². The first-order chi connectivity index (χ1) is 14.7. The molecule has 4 amide bonds. The Morgan fingerprint density at radius 2 is 1.71 bits per heavy atom. The number of aliphatic carboxylic acids is 1. The number of hydrogen-bond acceptors (Lipinski definition) is 4. The molecule has 160 valence electrons. The zero-order valence-corrected chi connectivity index (χ0v) is 17.9. The van der Waals surface area contributed by atoms with Crippen LogP contribution in [0.2, 0.25) is 10.0 Å². The highest BCUT2D eigenvalue weighted by Gasteiger charge is 2.67. The maximum Gasteiger partial charge on any atom is 0.328 e. The Hall–Kier alpha value is -3.10. The van der Waals surface area contributed by atoms with Gasteiger partial charge in [0.25, 0.3) is 11.8 Å². The van der Waals surface area contributed by atoms with Crippen molar-refractivity contribution in [2.75, 3.05) is 25.0 Å². The molecule has 31 heavy (non-hydrogen) atoms. The average Bonchev–Trinajstić information content (AvgIpc) is 3.06. The highest BCUT2D eigenvalue weighted by molar-refractivity contribution is 6.32. The van der Waals surface area contributed by atoms with Crippen molar-refractivity contribution >= 4 is 52.7 Å². The number of urea groups is 1. The van der Waals surface area contributed by atoms with Crippen molar-refractivity contribution in [1.82, 2.24) is 9.80 Å². The SMILES string of the molecule is CN1C(=O)N(CCc2ccccc2Cl)C(=O)[C@]12C(=O)N(CC(=O)O)c1ccc(Cl)cc12. The van der Waals surface area contributed by atoms with Gasteiger partial charge in [-0.05, 0) is 36.2 Å². The number of benzene rings is 2. The number of nitrogens with zero attached hydrogens (tertiary/aromatic N) is 3. The highest BCUT2D eigenvalue weighted by atomic mass is 35.5. The number of likely N-dealkylation sites (N-methyl/N-ethyl adjacent to an activating group) is 1. The van der Waals surface area contributed by atoms with Crippen LogP contribution < -0.4 is 4.90 Å². The van der Waals surface area contributed by atoms with Crippen molar-refractivity contribution in [2.45, 2.75) is 12.0 Å². The van der Waals surface area contributed by atoms with Gasteiger partial charge in [-0.1, -0.05) is 41.4 Å². The lowest BCUT2D eigenvalue weighted by molar-refractivity contribution is -0.143. The van der Waals surface area contributed by atoms with E-state index < -0.39 is 35.9 Å². The zero-order chi connectivity index (χ0) is 22.5. The van der Waals surface area contributed by atoms with Crippen molar-refractivity contribution in [3.63, 3.8) is 0 Å². The lowest BCUT2D eigenvalue weighted by Crippen LogP contribution is -2.53. The first-order valence-electron chi connectivity index (χ1n) is 9.36. The van der Waals surface area contributed by atoms with E-state index in [1.165, 1.54) is 25.2 Å². The maximum absolute atomic E-state index is 13.6. The van der Waals surface area contributed by atoms with Gasteiger partial charge in [-0.2, -0.15) is 0 Å². The summed E-state index contributed by atoms with van der Waals surface area (Å²) in [5, 5.41) is 10.0. The van der Waals surface area contributed by atoms with Crippen LogP contribution >= 0.6 is 23.2 Å². The predicted octanol–water partition coefficient (Wildman–Crippen LogP) is 2.76.